The van der Waals surface area contributed by atoms with Crippen molar-refractivity contribution < 1.29 is 22.7 Å². The van der Waals surface area contributed by atoms with Crippen LogP contribution in [-0.2, 0) is 0 Å². The van der Waals surface area contributed by atoms with E-state index in [1.807, 2.05) is 6.08 Å². The molecule has 0 saturated carbocycles. The van der Waals surface area contributed by atoms with Crippen molar-refractivity contribution in [2.24, 2.45) is 0 Å². The number of nitrogens with one attached hydrogen (secondary N) is 2. The fourth-order valence-corrected chi connectivity index (χ4v) is 4.89. The van der Waals surface area contributed by atoms with Crippen molar-refractivity contribution in [2.45, 2.75) is 0 Å². The maximum absolute atomic E-state index is 14.4. The van der Waals surface area contributed by atoms with Crippen LogP contribution in [0.1, 0.15) is 21.7 Å². The van der Waals surface area contributed by atoms with Gasteiger partial charge >= 0.3 is 0 Å². The van der Waals surface area contributed by atoms with E-state index in [-0.39, 0.29) is 17.2 Å². The van der Waals surface area contributed by atoms with Crippen LogP contribution in [0.5, 0.6) is 5.75 Å². The van der Waals surface area contributed by atoms with Gasteiger partial charge in [0.15, 0.2) is 17.3 Å². The molecule has 148 valence electrons. The van der Waals surface area contributed by atoms with Crippen LogP contribution in [0.3, 0.4) is 0 Å². The van der Waals surface area contributed by atoms with Gasteiger partial charge in [-0.15, -0.1) is 0 Å². The molecule has 0 bridgehead atoms. The Kier molecular flexibility index (Phi) is 5.43. The molecule has 0 fully saturated rings. The maximum atomic E-state index is 14.4. The van der Waals surface area contributed by atoms with Crippen molar-refractivity contribution in [3.8, 4) is 5.75 Å². The summed E-state index contributed by atoms with van der Waals surface area (Å²) in [6.45, 7) is 0. The van der Waals surface area contributed by atoms with Crippen LogP contribution in [0.25, 0.3) is 6.08 Å². The highest BCUT2D eigenvalue weighted by atomic mass is 127. The topological polar surface area (TPSA) is 63.5 Å². The van der Waals surface area contributed by atoms with Crippen molar-refractivity contribution in [1.82, 2.24) is 0 Å². The third-order valence-electron chi connectivity index (χ3n) is 4.21. The Morgan fingerprint density at radius 1 is 1.17 bits per heavy atom. The number of hydrogen-bond acceptors (Lipinski definition) is 4. The number of carbonyl (C=O) groups is 1. The van der Waals surface area contributed by atoms with Gasteiger partial charge in [0.05, 0.1) is 24.7 Å². The molecule has 1 aliphatic rings. The van der Waals surface area contributed by atoms with E-state index >= 15 is 0 Å². The fraction of sp³-hybridized carbons (Fsp3) is 0.0476. The first-order chi connectivity index (χ1) is 14.0. The van der Waals surface area contributed by atoms with E-state index in [4.69, 9.17) is 9.15 Å². The van der Waals surface area contributed by atoms with Crippen molar-refractivity contribution >= 4 is 47.9 Å². The van der Waals surface area contributed by atoms with Crippen molar-refractivity contribution in [1.29, 1.82) is 0 Å². The third-order valence-corrected chi connectivity index (χ3v) is 6.58. The quantitative estimate of drug-likeness (QED) is 0.360. The number of ether oxygens (including phenoxy) is 1. The largest absolute Gasteiger partial charge is 0.494 e. The highest BCUT2D eigenvalue weighted by Crippen LogP contribution is 2.34. The molecule has 5 nitrogen and oxygen atoms in total. The Balaban J connectivity index is 1.57. The Labute approximate surface area is 175 Å². The molecule has 29 heavy (non-hydrogen) atoms. The van der Waals surface area contributed by atoms with Crippen molar-refractivity contribution in [2.75, 3.05) is 16.0 Å². The standard InChI is InChI=1S/C21H15F2IN2O3/c1-28-19-7-5-12(9-15(19)23)4-6-16-13-10-18(14(22)11-17(13)26-24-16)25-21(27)20-3-2-8-29-20/h2-11,26H,1H3,(H,25,27)/b6-4+. The minimum Gasteiger partial charge on any atom is -0.494 e. The average molecular weight is 508 g/mol. The molecule has 3 aromatic rings. The van der Waals surface area contributed by atoms with E-state index < -0.39 is 38.5 Å². The molecule has 0 aliphatic carbocycles. The number of amides is 1. The number of fused-ring (bicyclic) bond motifs is 1. The van der Waals surface area contributed by atoms with Gasteiger partial charge in [-0.3, -0.25) is 4.79 Å². The predicted octanol–water partition coefficient (Wildman–Crippen LogP) is 5.36. The number of halogens is 3. The van der Waals surface area contributed by atoms with Gasteiger partial charge in [0.2, 0.25) is 0 Å². The molecule has 4 rings (SSSR count). The van der Waals surface area contributed by atoms with Crippen LogP contribution >= 0.6 is 21.0 Å². The molecule has 0 radical (unpaired) electrons. The first-order valence-corrected chi connectivity index (χ1v) is 10.7. The molecule has 1 aliphatic heterocycles. The lowest BCUT2D eigenvalue weighted by molar-refractivity contribution is 0.0996. The van der Waals surface area contributed by atoms with Crippen LogP contribution in [0.2, 0.25) is 0 Å². The molecule has 0 atom stereocenters. The first kappa shape index (κ1) is 19.3. The number of hydrogen-bond donors (Lipinski definition) is 2. The molecule has 1 amide bonds. The zero-order chi connectivity index (χ0) is 20.4. The zero-order valence-electron chi connectivity index (χ0n) is 15.1. The van der Waals surface area contributed by atoms with E-state index in [0.717, 1.165) is 9.07 Å². The van der Waals surface area contributed by atoms with Crippen molar-refractivity contribution in [3.05, 3.63) is 83.3 Å². The van der Waals surface area contributed by atoms with E-state index in [9.17, 15) is 13.6 Å². The lowest BCUT2D eigenvalue weighted by atomic mass is 10.1. The maximum Gasteiger partial charge on any atom is 0.291 e. The minimum atomic E-state index is -0.589. The van der Waals surface area contributed by atoms with Gasteiger partial charge in [0.25, 0.3) is 5.91 Å². The normalized spacial score (nSPS) is 12.7. The number of rotatable bonds is 5. The van der Waals surface area contributed by atoms with Crippen LogP contribution < -0.4 is 13.6 Å². The number of anilines is 2. The van der Waals surface area contributed by atoms with Crippen LogP contribution in [0.15, 0.2) is 59.2 Å². The molecule has 8 heteroatoms. The lowest BCUT2D eigenvalue weighted by Crippen LogP contribution is -2.12. The Morgan fingerprint density at radius 2 is 2.03 bits per heavy atom. The van der Waals surface area contributed by atoms with E-state index in [0.29, 0.717) is 11.3 Å². The second-order valence-electron chi connectivity index (χ2n) is 6.07. The number of benzene rings is 2. The summed E-state index contributed by atoms with van der Waals surface area (Å²) in [5, 5.41) is 2.53. The number of furan rings is 1. The molecule has 0 unspecified atom stereocenters. The SMILES string of the molecule is COc1ccc(/C=C/C2=INc3cc(F)c(NC(=O)c4ccco4)cc32)cc1F. The van der Waals surface area contributed by atoms with Crippen LogP contribution in [0, 0.1) is 11.6 Å². The van der Waals surface area contributed by atoms with Gasteiger partial charge < -0.3 is 18.0 Å². The summed E-state index contributed by atoms with van der Waals surface area (Å²) < 4.78 is 42.4. The monoisotopic (exact) mass is 508 g/mol. The average Bonchev–Trinajstić information content (AvgIpc) is 3.37. The van der Waals surface area contributed by atoms with Crippen molar-refractivity contribution in [3.63, 3.8) is 0 Å². The zero-order valence-corrected chi connectivity index (χ0v) is 17.3. The Bertz CT molecular complexity index is 1140. The molecule has 2 heterocycles. The van der Waals surface area contributed by atoms with E-state index in [1.54, 1.807) is 30.3 Å². The molecular weight excluding hydrogens is 493 g/mol. The lowest BCUT2D eigenvalue weighted by Gasteiger charge is -2.08. The summed E-state index contributed by atoms with van der Waals surface area (Å²) >= 11 is -0.589. The smallest absolute Gasteiger partial charge is 0.291 e. The highest BCUT2D eigenvalue weighted by molar-refractivity contribution is 14.2. The summed E-state index contributed by atoms with van der Waals surface area (Å²) in [5.41, 5.74) is 2.23. The number of methoxy groups -OCH3 is 1. The number of carbonyl (C=O) groups excluding carboxylic acids is 1. The fourth-order valence-electron chi connectivity index (χ4n) is 2.77. The van der Waals surface area contributed by atoms with Gasteiger partial charge in [0.1, 0.15) is 5.82 Å². The molecule has 2 aromatic carbocycles. The predicted molar refractivity (Wildman–Crippen MR) is 117 cm³/mol. The number of allylic oxidation sites excluding steroid dienone is 1. The van der Waals surface area contributed by atoms with Crippen LogP contribution in [-0.4, -0.2) is 16.5 Å². The Hall–Kier alpha value is -3.01. The molecule has 2 N–H and O–H groups in total. The van der Waals surface area contributed by atoms with E-state index in [2.05, 4.69) is 8.85 Å². The van der Waals surface area contributed by atoms with E-state index in [1.165, 1.54) is 31.6 Å². The minimum absolute atomic E-state index is 0.0687. The first-order valence-electron chi connectivity index (χ1n) is 8.52. The molecule has 1 aromatic heterocycles. The summed E-state index contributed by atoms with van der Waals surface area (Å²) in [7, 11) is 1.41. The summed E-state index contributed by atoms with van der Waals surface area (Å²) in [5.74, 6) is -1.23. The summed E-state index contributed by atoms with van der Waals surface area (Å²) in [4.78, 5) is 12.2. The molecular formula is C21H15F2IN2O3. The molecule has 0 saturated heterocycles. The summed E-state index contributed by atoms with van der Waals surface area (Å²) in [6, 6.07) is 10.7. The van der Waals surface area contributed by atoms with Crippen LogP contribution in [0.4, 0.5) is 20.2 Å². The van der Waals surface area contributed by atoms with Gasteiger partial charge in [0, 0.05) is 36.1 Å². The van der Waals surface area contributed by atoms with Gasteiger partial charge in [-0.05, 0) is 42.0 Å². The van der Waals surface area contributed by atoms with Gasteiger partial charge in [-0.1, -0.05) is 12.1 Å². The Morgan fingerprint density at radius 3 is 2.76 bits per heavy atom. The summed E-state index contributed by atoms with van der Waals surface area (Å²) in [6.07, 6.45) is 5.04. The third kappa shape index (κ3) is 4.07. The highest BCUT2D eigenvalue weighted by Gasteiger charge is 2.19. The molecule has 0 spiro atoms. The second-order valence-corrected chi connectivity index (χ2v) is 8.31. The van der Waals surface area contributed by atoms with Gasteiger partial charge in [-0.25, -0.2) is 8.78 Å². The second kappa shape index (κ2) is 8.16. The van der Waals surface area contributed by atoms with Gasteiger partial charge in [-0.2, -0.15) is 0 Å².